The zero-order valence-electron chi connectivity index (χ0n) is 17.3. The molecule has 2 aromatic rings. The van der Waals surface area contributed by atoms with Gasteiger partial charge in [-0.2, -0.15) is 0 Å². The molecule has 150 valence electrons. The molecule has 2 N–H and O–H groups in total. The van der Waals surface area contributed by atoms with Gasteiger partial charge in [0.15, 0.2) is 0 Å². The number of nitrogens with zero attached hydrogens (tertiary/aromatic N) is 2. The maximum Gasteiger partial charge on any atom is 0.227 e. The van der Waals surface area contributed by atoms with Crippen LogP contribution in [0.15, 0.2) is 30.3 Å². The standard InChI is InChI=1S/C23H32N4O/c1-4-5-6-18-7-9-19(10-8-18)22(28)26-20-11-13-21(14-12-20)27-23-24-16(2)15-17(3)25-23/h11-15,18-19H,4-10H2,1-3H3,(H,26,28)(H,24,25,27). The zero-order chi connectivity index (χ0) is 19.9. The van der Waals surface area contributed by atoms with Gasteiger partial charge in [-0.3, -0.25) is 4.79 Å². The first-order chi connectivity index (χ1) is 13.5. The minimum absolute atomic E-state index is 0.152. The van der Waals surface area contributed by atoms with Gasteiger partial charge in [0.2, 0.25) is 11.9 Å². The first-order valence-corrected chi connectivity index (χ1v) is 10.5. The van der Waals surface area contributed by atoms with Crippen LogP contribution in [0.3, 0.4) is 0 Å². The molecule has 5 nitrogen and oxygen atoms in total. The van der Waals surface area contributed by atoms with E-state index in [1.165, 1.54) is 32.1 Å². The summed E-state index contributed by atoms with van der Waals surface area (Å²) in [5, 5.41) is 6.30. The summed E-state index contributed by atoms with van der Waals surface area (Å²) in [7, 11) is 0. The van der Waals surface area contributed by atoms with Crippen molar-refractivity contribution in [2.24, 2.45) is 11.8 Å². The minimum Gasteiger partial charge on any atom is -0.326 e. The molecule has 0 atom stereocenters. The lowest BCUT2D eigenvalue weighted by Gasteiger charge is -2.27. The van der Waals surface area contributed by atoms with Gasteiger partial charge < -0.3 is 10.6 Å². The third-order valence-corrected chi connectivity index (χ3v) is 5.57. The number of carbonyl (C=O) groups is 1. The SMILES string of the molecule is CCCCC1CCC(C(=O)Nc2ccc(Nc3nc(C)cc(C)n3)cc2)CC1. The molecule has 28 heavy (non-hydrogen) atoms. The van der Waals surface area contributed by atoms with Gasteiger partial charge in [0.25, 0.3) is 0 Å². The number of hydrogen-bond donors (Lipinski definition) is 2. The molecule has 1 amide bonds. The van der Waals surface area contributed by atoms with Gasteiger partial charge in [-0.15, -0.1) is 0 Å². The normalized spacial score (nSPS) is 19.2. The maximum absolute atomic E-state index is 12.6. The number of amides is 1. The highest BCUT2D eigenvalue weighted by Crippen LogP contribution is 2.32. The van der Waals surface area contributed by atoms with Crippen molar-refractivity contribution in [3.05, 3.63) is 41.7 Å². The number of nitrogens with one attached hydrogen (secondary N) is 2. The number of aromatic nitrogens is 2. The van der Waals surface area contributed by atoms with Crippen LogP contribution in [0, 0.1) is 25.7 Å². The fourth-order valence-electron chi connectivity index (χ4n) is 4.00. The number of carbonyl (C=O) groups excluding carboxylic acids is 1. The summed E-state index contributed by atoms with van der Waals surface area (Å²) < 4.78 is 0. The number of hydrogen-bond acceptors (Lipinski definition) is 4. The van der Waals surface area contributed by atoms with E-state index < -0.39 is 0 Å². The van der Waals surface area contributed by atoms with Crippen molar-refractivity contribution in [1.82, 2.24) is 9.97 Å². The molecular weight excluding hydrogens is 348 g/mol. The van der Waals surface area contributed by atoms with E-state index in [4.69, 9.17) is 0 Å². The lowest BCUT2D eigenvalue weighted by atomic mass is 9.79. The number of aryl methyl sites for hydroxylation is 2. The number of anilines is 3. The van der Waals surface area contributed by atoms with Gasteiger partial charge in [0.1, 0.15) is 0 Å². The molecule has 0 spiro atoms. The molecule has 1 aliphatic rings. The Morgan fingerprint density at radius 3 is 2.21 bits per heavy atom. The van der Waals surface area contributed by atoms with Crippen LogP contribution in [0.1, 0.15) is 63.3 Å². The largest absolute Gasteiger partial charge is 0.326 e. The summed E-state index contributed by atoms with van der Waals surface area (Å²) in [4.78, 5) is 21.4. The molecule has 0 radical (unpaired) electrons. The summed E-state index contributed by atoms with van der Waals surface area (Å²) in [5.41, 5.74) is 3.61. The van der Waals surface area contributed by atoms with E-state index in [-0.39, 0.29) is 11.8 Å². The van der Waals surface area contributed by atoms with E-state index in [2.05, 4.69) is 27.5 Å². The highest BCUT2D eigenvalue weighted by molar-refractivity contribution is 5.92. The van der Waals surface area contributed by atoms with Crippen molar-refractivity contribution in [3.8, 4) is 0 Å². The molecule has 5 heteroatoms. The van der Waals surface area contributed by atoms with E-state index in [0.29, 0.717) is 5.95 Å². The lowest BCUT2D eigenvalue weighted by molar-refractivity contribution is -0.121. The highest BCUT2D eigenvalue weighted by atomic mass is 16.1. The van der Waals surface area contributed by atoms with E-state index >= 15 is 0 Å². The second-order valence-corrected chi connectivity index (χ2v) is 8.03. The second-order valence-electron chi connectivity index (χ2n) is 8.03. The summed E-state index contributed by atoms with van der Waals surface area (Å²) in [5.74, 6) is 1.72. The predicted molar refractivity (Wildman–Crippen MR) is 115 cm³/mol. The highest BCUT2D eigenvalue weighted by Gasteiger charge is 2.25. The van der Waals surface area contributed by atoms with Crippen LogP contribution in [0.5, 0.6) is 0 Å². The Morgan fingerprint density at radius 2 is 1.61 bits per heavy atom. The van der Waals surface area contributed by atoms with Crippen molar-refractivity contribution >= 4 is 23.2 Å². The van der Waals surface area contributed by atoms with Crippen LogP contribution in [0.4, 0.5) is 17.3 Å². The Morgan fingerprint density at radius 1 is 1.00 bits per heavy atom. The molecular formula is C23H32N4O. The van der Waals surface area contributed by atoms with Crippen molar-refractivity contribution in [1.29, 1.82) is 0 Å². The molecule has 1 aliphatic carbocycles. The third-order valence-electron chi connectivity index (χ3n) is 5.57. The van der Waals surface area contributed by atoms with E-state index in [1.54, 1.807) is 0 Å². The Balaban J connectivity index is 1.51. The Kier molecular flexibility index (Phi) is 7.01. The van der Waals surface area contributed by atoms with Crippen molar-refractivity contribution < 1.29 is 4.79 Å². The lowest BCUT2D eigenvalue weighted by Crippen LogP contribution is -2.27. The van der Waals surface area contributed by atoms with Crippen LogP contribution in [0.2, 0.25) is 0 Å². The van der Waals surface area contributed by atoms with Crippen LogP contribution < -0.4 is 10.6 Å². The molecule has 0 aliphatic heterocycles. The van der Waals surface area contributed by atoms with Crippen LogP contribution in [-0.2, 0) is 4.79 Å². The van der Waals surface area contributed by atoms with Gasteiger partial charge in [-0.25, -0.2) is 9.97 Å². The average Bonchev–Trinajstić information content (AvgIpc) is 2.67. The van der Waals surface area contributed by atoms with Crippen molar-refractivity contribution in [2.75, 3.05) is 10.6 Å². The van der Waals surface area contributed by atoms with E-state index in [1.807, 2.05) is 44.2 Å². The second kappa shape index (κ2) is 9.67. The van der Waals surface area contributed by atoms with Crippen molar-refractivity contribution in [2.45, 2.75) is 65.7 Å². The van der Waals surface area contributed by atoms with E-state index in [0.717, 1.165) is 41.5 Å². The number of unbranched alkanes of at least 4 members (excludes halogenated alkanes) is 1. The molecule has 3 rings (SSSR count). The minimum atomic E-state index is 0.152. The third kappa shape index (κ3) is 5.78. The summed E-state index contributed by atoms with van der Waals surface area (Å²) >= 11 is 0. The number of benzene rings is 1. The topological polar surface area (TPSA) is 66.9 Å². The molecule has 1 fully saturated rings. The first kappa shape index (κ1) is 20.3. The van der Waals surface area contributed by atoms with Gasteiger partial charge in [-0.05, 0) is 75.8 Å². The van der Waals surface area contributed by atoms with Crippen LogP contribution in [0.25, 0.3) is 0 Å². The molecule has 1 heterocycles. The average molecular weight is 381 g/mol. The van der Waals surface area contributed by atoms with Crippen LogP contribution in [-0.4, -0.2) is 15.9 Å². The van der Waals surface area contributed by atoms with Gasteiger partial charge in [0, 0.05) is 28.7 Å². The van der Waals surface area contributed by atoms with Gasteiger partial charge in [0.05, 0.1) is 0 Å². The molecule has 0 saturated heterocycles. The molecule has 0 unspecified atom stereocenters. The summed E-state index contributed by atoms with van der Waals surface area (Å²) in [6.45, 7) is 6.15. The predicted octanol–water partition coefficient (Wildman–Crippen LogP) is 5.77. The Hall–Kier alpha value is -2.43. The first-order valence-electron chi connectivity index (χ1n) is 10.5. The summed E-state index contributed by atoms with van der Waals surface area (Å²) in [6, 6.07) is 9.68. The van der Waals surface area contributed by atoms with Crippen molar-refractivity contribution in [3.63, 3.8) is 0 Å². The fourth-order valence-corrected chi connectivity index (χ4v) is 4.00. The quantitative estimate of drug-likeness (QED) is 0.640. The molecule has 0 bridgehead atoms. The fraction of sp³-hybridized carbons (Fsp3) is 0.522. The molecule has 1 saturated carbocycles. The smallest absolute Gasteiger partial charge is 0.227 e. The Bertz CT molecular complexity index is 759. The van der Waals surface area contributed by atoms with Crippen LogP contribution >= 0.6 is 0 Å². The monoisotopic (exact) mass is 380 g/mol. The maximum atomic E-state index is 12.6. The van der Waals surface area contributed by atoms with Gasteiger partial charge in [-0.1, -0.05) is 26.2 Å². The van der Waals surface area contributed by atoms with E-state index in [9.17, 15) is 4.79 Å². The number of rotatable bonds is 7. The summed E-state index contributed by atoms with van der Waals surface area (Å²) in [6.07, 6.45) is 8.32. The van der Waals surface area contributed by atoms with Gasteiger partial charge >= 0.3 is 0 Å². The zero-order valence-corrected chi connectivity index (χ0v) is 17.3. The molecule has 1 aromatic carbocycles. The molecule has 1 aromatic heterocycles. The Labute approximate surface area is 168 Å².